The summed E-state index contributed by atoms with van der Waals surface area (Å²) in [6.45, 7) is 2.11. The molecule has 0 aliphatic heterocycles. The second-order valence-electron chi connectivity index (χ2n) is 10.5. The van der Waals surface area contributed by atoms with Gasteiger partial charge in [0, 0.05) is 5.54 Å². The molecule has 2 unspecified atom stereocenters. The maximum absolute atomic E-state index is 13.0. The fourth-order valence-corrected chi connectivity index (χ4v) is 7.13. The number of carboxylic acid groups (broad SMARTS) is 1. The Morgan fingerprint density at radius 1 is 1.00 bits per heavy atom. The third kappa shape index (κ3) is 4.01. The maximum atomic E-state index is 13.0. The van der Waals surface area contributed by atoms with Crippen LogP contribution in [0.4, 0.5) is 4.79 Å². The van der Waals surface area contributed by atoms with Gasteiger partial charge in [-0.1, -0.05) is 60.2 Å². The molecule has 0 saturated heterocycles. The predicted octanol–water partition coefficient (Wildman–Crippen LogP) is 3.25. The van der Waals surface area contributed by atoms with E-state index >= 15 is 0 Å². The van der Waals surface area contributed by atoms with Gasteiger partial charge in [-0.25, -0.2) is 4.79 Å². The van der Waals surface area contributed by atoms with Crippen molar-refractivity contribution >= 4 is 12.0 Å². The van der Waals surface area contributed by atoms with Crippen LogP contribution in [0.3, 0.4) is 0 Å². The summed E-state index contributed by atoms with van der Waals surface area (Å²) in [5.41, 5.74) is 3.36. The highest BCUT2D eigenvalue weighted by Crippen LogP contribution is 2.62. The molecular formula is C27H31N2O3-. The zero-order valence-corrected chi connectivity index (χ0v) is 18.6. The molecule has 4 aliphatic rings. The molecule has 2 aromatic rings. The number of hydrogen-bond acceptors (Lipinski definition) is 3. The van der Waals surface area contributed by atoms with Crippen molar-refractivity contribution in [1.82, 2.24) is 10.6 Å². The summed E-state index contributed by atoms with van der Waals surface area (Å²) in [4.78, 5) is 24.7. The molecule has 0 aromatic heterocycles. The number of hydrogen-bond donors (Lipinski definition) is 2. The molecule has 2 aromatic carbocycles. The number of amides is 2. The van der Waals surface area contributed by atoms with Crippen molar-refractivity contribution in [2.75, 3.05) is 0 Å². The largest absolute Gasteiger partial charge is 0.548 e. The molecule has 4 bridgehead atoms. The lowest BCUT2D eigenvalue weighted by atomic mass is 9.45. The summed E-state index contributed by atoms with van der Waals surface area (Å²) in [5.74, 6) is -0.0381. The molecular weight excluding hydrogens is 400 g/mol. The Labute approximate surface area is 189 Å². The van der Waals surface area contributed by atoms with Crippen LogP contribution in [0.25, 0.3) is 0 Å². The fourth-order valence-electron chi connectivity index (χ4n) is 7.13. The highest BCUT2D eigenvalue weighted by atomic mass is 16.4. The number of aryl methyl sites for hydroxylation is 1. The van der Waals surface area contributed by atoms with Gasteiger partial charge < -0.3 is 20.5 Å². The van der Waals surface area contributed by atoms with E-state index in [1.165, 1.54) is 30.4 Å². The van der Waals surface area contributed by atoms with Crippen molar-refractivity contribution in [3.8, 4) is 0 Å². The lowest BCUT2D eigenvalue weighted by molar-refractivity contribution is -0.308. The summed E-state index contributed by atoms with van der Waals surface area (Å²) < 4.78 is 0. The van der Waals surface area contributed by atoms with E-state index in [1.54, 1.807) is 0 Å². The zero-order valence-electron chi connectivity index (χ0n) is 18.6. The van der Waals surface area contributed by atoms with E-state index in [4.69, 9.17) is 0 Å². The van der Waals surface area contributed by atoms with E-state index < -0.39 is 18.0 Å². The summed E-state index contributed by atoms with van der Waals surface area (Å²) in [6, 6.07) is 16.8. The predicted molar refractivity (Wildman–Crippen MR) is 121 cm³/mol. The van der Waals surface area contributed by atoms with Crippen molar-refractivity contribution in [3.63, 3.8) is 0 Å². The van der Waals surface area contributed by atoms with E-state index in [0.717, 1.165) is 24.8 Å². The first-order valence-electron chi connectivity index (χ1n) is 11.8. The summed E-state index contributed by atoms with van der Waals surface area (Å²) in [7, 11) is 0. The number of carbonyl (C=O) groups excluding carboxylic acids is 2. The van der Waals surface area contributed by atoms with Crippen LogP contribution in [0.2, 0.25) is 0 Å². The lowest BCUT2D eigenvalue weighted by Gasteiger charge is -2.62. The summed E-state index contributed by atoms with van der Waals surface area (Å²) in [6.07, 6.45) is 6.73. The summed E-state index contributed by atoms with van der Waals surface area (Å²) >= 11 is 0. The Kier molecular flexibility index (Phi) is 5.23. The van der Waals surface area contributed by atoms with Crippen LogP contribution < -0.4 is 15.7 Å². The quantitative estimate of drug-likeness (QED) is 0.737. The molecule has 6 rings (SSSR count). The average Bonchev–Trinajstić information content (AvgIpc) is 2.73. The number of carboxylic acids is 1. The second-order valence-corrected chi connectivity index (χ2v) is 10.5. The van der Waals surface area contributed by atoms with E-state index in [2.05, 4.69) is 41.8 Å². The third-order valence-corrected chi connectivity index (χ3v) is 7.98. The molecule has 168 valence electrons. The maximum Gasteiger partial charge on any atom is 0.315 e. The van der Waals surface area contributed by atoms with Crippen LogP contribution in [0, 0.1) is 18.8 Å². The average molecular weight is 432 g/mol. The van der Waals surface area contributed by atoms with Gasteiger partial charge >= 0.3 is 6.03 Å². The highest BCUT2D eigenvalue weighted by Gasteiger charge is 2.58. The smallest absolute Gasteiger partial charge is 0.315 e. The van der Waals surface area contributed by atoms with E-state index in [9.17, 15) is 14.7 Å². The topological polar surface area (TPSA) is 81.3 Å². The molecule has 32 heavy (non-hydrogen) atoms. The van der Waals surface area contributed by atoms with Gasteiger partial charge in [-0.15, -0.1) is 0 Å². The second kappa shape index (κ2) is 7.95. The molecule has 4 fully saturated rings. The molecule has 0 radical (unpaired) electrons. The van der Waals surface area contributed by atoms with Crippen molar-refractivity contribution in [3.05, 3.63) is 71.3 Å². The van der Waals surface area contributed by atoms with Crippen molar-refractivity contribution in [1.29, 1.82) is 0 Å². The van der Waals surface area contributed by atoms with Crippen LogP contribution in [0.5, 0.6) is 0 Å². The number of carbonyl (C=O) groups is 2. The molecule has 3 atom stereocenters. The Balaban J connectivity index is 1.32. The van der Waals surface area contributed by atoms with Gasteiger partial charge in [0.25, 0.3) is 0 Å². The summed E-state index contributed by atoms with van der Waals surface area (Å²) in [5, 5.41) is 17.7. The normalized spacial score (nSPS) is 31.2. The Morgan fingerprint density at radius 2 is 1.66 bits per heavy atom. The highest BCUT2D eigenvalue weighted by molar-refractivity contribution is 5.82. The first kappa shape index (κ1) is 21.0. The van der Waals surface area contributed by atoms with Gasteiger partial charge in [0.2, 0.25) is 0 Å². The molecule has 4 aliphatic carbocycles. The SMILES string of the molecule is Cc1ccc(C23CC4CC(CC(NC(=O)N[C@@H](Cc5ccccc5)C(=O)[O-])(C4)C2)C3)cc1. The fraction of sp³-hybridized carbons (Fsp3) is 0.481. The van der Waals surface area contributed by atoms with Crippen molar-refractivity contribution < 1.29 is 14.7 Å². The standard InChI is InChI=1S/C27H32N2O3/c1-18-7-9-22(10-8-18)26-13-20-11-21(14-26)16-27(15-20,17-26)29-25(32)28-23(24(30)31)12-19-5-3-2-4-6-19/h2-10,20-21,23H,11-17H2,1H3,(H,30,31)(H2,28,29,32)/p-1/t20?,21?,23-,26?,27?/m0/s1. The Bertz CT molecular complexity index is 987. The first-order chi connectivity index (χ1) is 15.3. The number of urea groups is 1. The minimum absolute atomic E-state index is 0.114. The molecule has 4 saturated carbocycles. The van der Waals surface area contributed by atoms with Gasteiger partial charge in [0.1, 0.15) is 0 Å². The Hall–Kier alpha value is -2.82. The van der Waals surface area contributed by atoms with Gasteiger partial charge in [0.05, 0.1) is 12.0 Å². The van der Waals surface area contributed by atoms with Gasteiger partial charge in [-0.3, -0.25) is 0 Å². The van der Waals surface area contributed by atoms with Crippen LogP contribution in [0.15, 0.2) is 54.6 Å². The zero-order chi connectivity index (χ0) is 22.3. The molecule has 2 N–H and O–H groups in total. The van der Waals surface area contributed by atoms with Crippen LogP contribution in [0.1, 0.15) is 55.2 Å². The van der Waals surface area contributed by atoms with E-state index in [0.29, 0.717) is 11.8 Å². The minimum Gasteiger partial charge on any atom is -0.548 e. The number of benzene rings is 2. The molecule has 0 spiro atoms. The monoisotopic (exact) mass is 431 g/mol. The molecule has 5 heteroatoms. The number of aliphatic carboxylic acids is 1. The van der Waals surface area contributed by atoms with E-state index in [1.807, 2.05) is 30.3 Å². The van der Waals surface area contributed by atoms with Gasteiger partial charge in [0.15, 0.2) is 0 Å². The number of nitrogens with one attached hydrogen (secondary N) is 2. The molecule has 5 nitrogen and oxygen atoms in total. The van der Waals surface area contributed by atoms with Gasteiger partial charge in [-0.05, 0) is 80.2 Å². The van der Waals surface area contributed by atoms with Crippen LogP contribution in [-0.4, -0.2) is 23.6 Å². The third-order valence-electron chi connectivity index (χ3n) is 7.98. The lowest BCUT2D eigenvalue weighted by Crippen LogP contribution is -2.66. The minimum atomic E-state index is -1.26. The van der Waals surface area contributed by atoms with Crippen LogP contribution in [-0.2, 0) is 16.6 Å². The first-order valence-corrected chi connectivity index (χ1v) is 11.8. The molecule has 2 amide bonds. The van der Waals surface area contributed by atoms with Crippen LogP contribution >= 0.6 is 0 Å². The van der Waals surface area contributed by atoms with Crippen molar-refractivity contribution in [2.24, 2.45) is 11.8 Å². The Morgan fingerprint density at radius 3 is 2.28 bits per heavy atom. The van der Waals surface area contributed by atoms with E-state index in [-0.39, 0.29) is 17.4 Å². The van der Waals surface area contributed by atoms with Crippen molar-refractivity contribution in [2.45, 2.75) is 68.9 Å². The van der Waals surface area contributed by atoms with Gasteiger partial charge in [-0.2, -0.15) is 0 Å². The molecule has 0 heterocycles. The number of rotatable bonds is 6.